The van der Waals surface area contributed by atoms with E-state index in [9.17, 15) is 31.5 Å². The van der Waals surface area contributed by atoms with Gasteiger partial charge in [0.2, 0.25) is 5.71 Å². The Balaban J connectivity index is 1.88. The Labute approximate surface area is 174 Å². The summed E-state index contributed by atoms with van der Waals surface area (Å²) in [6, 6.07) is 8.82. The van der Waals surface area contributed by atoms with Gasteiger partial charge < -0.3 is 5.11 Å². The summed E-state index contributed by atoms with van der Waals surface area (Å²) in [5.74, 6) is -2.51. The lowest BCUT2D eigenvalue weighted by Gasteiger charge is -2.11. The van der Waals surface area contributed by atoms with Crippen LogP contribution in [0.15, 0.2) is 68.5 Å². The van der Waals surface area contributed by atoms with Crippen molar-refractivity contribution in [1.82, 2.24) is 0 Å². The minimum atomic E-state index is -4.46. The Bertz CT molecular complexity index is 1330. The molecule has 15 heteroatoms. The maximum atomic E-state index is 12.6. The molecule has 0 aromatic heterocycles. The van der Waals surface area contributed by atoms with Gasteiger partial charge in [-0.05, 0) is 48.5 Å². The summed E-state index contributed by atoms with van der Waals surface area (Å²) in [6.45, 7) is 0. The van der Waals surface area contributed by atoms with Crippen LogP contribution in [0.4, 0.5) is 11.4 Å². The van der Waals surface area contributed by atoms with E-state index in [-0.39, 0.29) is 16.3 Å². The fourth-order valence-corrected chi connectivity index (χ4v) is 3.36. The van der Waals surface area contributed by atoms with Crippen LogP contribution in [0, 0.1) is 0 Å². The monoisotopic (exact) mass is 468 g/mol. The van der Waals surface area contributed by atoms with Crippen LogP contribution in [-0.4, -0.2) is 54.3 Å². The minimum absolute atomic E-state index is 0.0128. The molecule has 0 radical (unpaired) electrons. The molecule has 4 N–H and O–H groups in total. The van der Waals surface area contributed by atoms with Gasteiger partial charge in [0, 0.05) is 0 Å². The highest BCUT2D eigenvalue weighted by Gasteiger charge is 2.37. The molecule has 2 aromatic rings. The molecule has 0 bridgehead atoms. The topological polar surface area (TPSA) is 203 Å². The normalized spacial score (nSPS) is 15.8. The second kappa shape index (κ2) is 7.88. The number of hydrogen-bond donors (Lipinski definition) is 4. The molecule has 1 amide bonds. The number of amides is 1. The van der Waals surface area contributed by atoms with Crippen molar-refractivity contribution in [3.8, 4) is 0 Å². The molecule has 3 rings (SSSR count). The van der Waals surface area contributed by atoms with Crippen LogP contribution < -0.4 is 10.4 Å². The molecule has 0 saturated carbocycles. The molecular formula is C16H12N4O9S2. The van der Waals surface area contributed by atoms with E-state index in [0.717, 1.165) is 36.4 Å². The highest BCUT2D eigenvalue weighted by Crippen LogP contribution is 2.22. The van der Waals surface area contributed by atoms with Gasteiger partial charge in [0.05, 0.1) is 21.2 Å². The van der Waals surface area contributed by atoms with Crippen molar-refractivity contribution in [2.75, 3.05) is 10.4 Å². The summed E-state index contributed by atoms with van der Waals surface area (Å²) in [7, 11) is -8.87. The molecule has 0 fully saturated rings. The van der Waals surface area contributed by atoms with E-state index in [1.54, 1.807) is 0 Å². The van der Waals surface area contributed by atoms with E-state index in [0.29, 0.717) is 5.01 Å². The van der Waals surface area contributed by atoms with Crippen LogP contribution in [0.1, 0.15) is 0 Å². The van der Waals surface area contributed by atoms with E-state index >= 15 is 0 Å². The first-order chi connectivity index (χ1) is 14.4. The SMILES string of the molecule is O=C(O)C1=NN(c2ccc(S(=O)(=O)O)cc2)C(=O)C1=NNc1ccc(S(=O)(=O)O)cc1. The van der Waals surface area contributed by atoms with Crippen molar-refractivity contribution in [3.63, 3.8) is 0 Å². The molecule has 1 heterocycles. The summed E-state index contributed by atoms with van der Waals surface area (Å²) in [5, 5.41) is 17.4. The molecule has 0 unspecified atom stereocenters. The van der Waals surface area contributed by atoms with E-state index in [4.69, 9.17) is 9.11 Å². The first-order valence-electron chi connectivity index (χ1n) is 8.03. The third-order valence-electron chi connectivity index (χ3n) is 3.85. The molecule has 1 aliphatic rings. The van der Waals surface area contributed by atoms with Crippen LogP contribution >= 0.6 is 0 Å². The minimum Gasteiger partial charge on any atom is -0.476 e. The molecule has 0 aliphatic carbocycles. The maximum absolute atomic E-state index is 12.6. The Morgan fingerprint density at radius 1 is 0.903 bits per heavy atom. The molecule has 13 nitrogen and oxygen atoms in total. The highest BCUT2D eigenvalue weighted by atomic mass is 32.2. The molecule has 0 atom stereocenters. The highest BCUT2D eigenvalue weighted by molar-refractivity contribution is 7.86. The Hall–Kier alpha value is -3.66. The molecule has 2 aromatic carbocycles. The van der Waals surface area contributed by atoms with E-state index in [1.807, 2.05) is 0 Å². The van der Waals surface area contributed by atoms with Crippen LogP contribution in [-0.2, 0) is 29.8 Å². The second-order valence-electron chi connectivity index (χ2n) is 5.91. The number of carboxylic acid groups (broad SMARTS) is 1. The average molecular weight is 468 g/mol. The number of hydrogen-bond acceptors (Lipinski definition) is 9. The molecule has 1 aliphatic heterocycles. The van der Waals surface area contributed by atoms with E-state index in [1.165, 1.54) is 12.1 Å². The predicted octanol–water partition coefficient (Wildman–Crippen LogP) is 0.435. The molecule has 0 saturated heterocycles. The van der Waals surface area contributed by atoms with Gasteiger partial charge in [-0.3, -0.25) is 19.3 Å². The third kappa shape index (κ3) is 4.75. The lowest BCUT2D eigenvalue weighted by molar-refractivity contribution is -0.129. The number of aliphatic carboxylic acids is 1. The lowest BCUT2D eigenvalue weighted by Crippen LogP contribution is -2.30. The number of nitrogens with zero attached hydrogens (tertiary/aromatic N) is 3. The molecule has 31 heavy (non-hydrogen) atoms. The number of hydrazone groups is 2. The van der Waals surface area contributed by atoms with Gasteiger partial charge in [-0.2, -0.15) is 32.0 Å². The average Bonchev–Trinajstić information content (AvgIpc) is 3.02. The third-order valence-corrected chi connectivity index (χ3v) is 5.59. The second-order valence-corrected chi connectivity index (χ2v) is 8.75. The van der Waals surface area contributed by atoms with Crippen molar-refractivity contribution >= 4 is 54.9 Å². The zero-order chi connectivity index (χ0) is 23.0. The van der Waals surface area contributed by atoms with Gasteiger partial charge >= 0.3 is 11.9 Å². The number of rotatable bonds is 6. The van der Waals surface area contributed by atoms with Gasteiger partial charge in [-0.25, -0.2) is 4.79 Å². The number of nitrogens with one attached hydrogen (secondary N) is 1. The molecule has 162 valence electrons. The Morgan fingerprint density at radius 3 is 1.84 bits per heavy atom. The zero-order valence-electron chi connectivity index (χ0n) is 15.1. The van der Waals surface area contributed by atoms with Gasteiger partial charge in [0.1, 0.15) is 0 Å². The molecule has 0 spiro atoms. The summed E-state index contributed by atoms with van der Waals surface area (Å²) < 4.78 is 62.3. The largest absolute Gasteiger partial charge is 0.476 e. The smallest absolute Gasteiger partial charge is 0.358 e. The van der Waals surface area contributed by atoms with Crippen molar-refractivity contribution < 1.29 is 40.6 Å². The van der Waals surface area contributed by atoms with E-state index in [2.05, 4.69) is 15.6 Å². The number of carbonyl (C=O) groups excluding carboxylic acids is 1. The van der Waals surface area contributed by atoms with E-state index < -0.39 is 48.4 Å². The van der Waals surface area contributed by atoms with Crippen molar-refractivity contribution in [2.24, 2.45) is 10.2 Å². The van der Waals surface area contributed by atoms with Gasteiger partial charge in [-0.1, -0.05) is 0 Å². The summed E-state index contributed by atoms with van der Waals surface area (Å²) in [6.07, 6.45) is 0. The maximum Gasteiger partial charge on any atom is 0.358 e. The first kappa shape index (κ1) is 22.0. The van der Waals surface area contributed by atoms with Crippen molar-refractivity contribution in [1.29, 1.82) is 0 Å². The quantitative estimate of drug-likeness (QED) is 0.340. The van der Waals surface area contributed by atoms with Gasteiger partial charge in [-0.15, -0.1) is 0 Å². The standard InChI is InChI=1S/C16H12N4O9S2/c21-15-13(18-17-9-1-5-11(6-2-9)30(24,25)26)14(16(22)23)19-20(15)10-3-7-12(8-4-10)31(27,28)29/h1-8,17H,(H,22,23)(H,24,25,26)(H,27,28,29). The Kier molecular flexibility index (Phi) is 5.60. The predicted molar refractivity (Wildman–Crippen MR) is 106 cm³/mol. The van der Waals surface area contributed by atoms with Gasteiger partial charge in [0.15, 0.2) is 5.71 Å². The summed E-state index contributed by atoms with van der Waals surface area (Å²) >= 11 is 0. The van der Waals surface area contributed by atoms with Crippen LogP contribution in [0.3, 0.4) is 0 Å². The first-order valence-corrected chi connectivity index (χ1v) is 10.9. The van der Waals surface area contributed by atoms with Crippen LogP contribution in [0.5, 0.6) is 0 Å². The number of benzene rings is 2. The Morgan fingerprint density at radius 2 is 1.39 bits per heavy atom. The summed E-state index contributed by atoms with van der Waals surface area (Å²) in [5.41, 5.74) is 1.29. The number of anilines is 2. The zero-order valence-corrected chi connectivity index (χ0v) is 16.7. The van der Waals surface area contributed by atoms with Crippen LogP contribution in [0.2, 0.25) is 0 Å². The fraction of sp³-hybridized carbons (Fsp3) is 0. The summed E-state index contributed by atoms with van der Waals surface area (Å²) in [4.78, 5) is 23.3. The number of carboxylic acids is 1. The van der Waals surface area contributed by atoms with Gasteiger partial charge in [0.25, 0.3) is 20.2 Å². The fourth-order valence-electron chi connectivity index (χ4n) is 2.40. The molecular weight excluding hydrogens is 456 g/mol. The van der Waals surface area contributed by atoms with Crippen molar-refractivity contribution in [2.45, 2.75) is 9.79 Å². The lowest BCUT2D eigenvalue weighted by atomic mass is 10.2. The number of carbonyl (C=O) groups is 2. The van der Waals surface area contributed by atoms with Crippen LogP contribution in [0.25, 0.3) is 0 Å². The van der Waals surface area contributed by atoms with Crippen molar-refractivity contribution in [3.05, 3.63) is 48.5 Å².